The highest BCUT2D eigenvalue weighted by molar-refractivity contribution is 7.98. The minimum absolute atomic E-state index is 0.0362. The Balaban J connectivity index is 1.52. The van der Waals surface area contributed by atoms with E-state index in [4.69, 9.17) is 0 Å². The predicted molar refractivity (Wildman–Crippen MR) is 110 cm³/mol. The van der Waals surface area contributed by atoms with Crippen LogP contribution in [0.4, 0.5) is 11.8 Å². The molecule has 1 saturated carbocycles. The van der Waals surface area contributed by atoms with E-state index in [1.807, 2.05) is 37.4 Å². The second-order valence-electron chi connectivity index (χ2n) is 6.86. The normalized spacial score (nSPS) is 19.4. The zero-order chi connectivity index (χ0) is 19.2. The van der Waals surface area contributed by atoms with Gasteiger partial charge in [0.1, 0.15) is 10.8 Å². The van der Waals surface area contributed by atoms with Gasteiger partial charge >= 0.3 is 0 Å². The summed E-state index contributed by atoms with van der Waals surface area (Å²) in [7, 11) is 3.93. The first-order valence-electron chi connectivity index (χ1n) is 9.13. The van der Waals surface area contributed by atoms with Crippen LogP contribution in [0.25, 0.3) is 0 Å². The van der Waals surface area contributed by atoms with Crippen LogP contribution < -0.4 is 15.5 Å². The lowest BCUT2D eigenvalue weighted by atomic mass is 9.91. The van der Waals surface area contributed by atoms with Gasteiger partial charge in [-0.25, -0.2) is 9.97 Å². The molecule has 8 heteroatoms. The Kier molecular flexibility index (Phi) is 6.49. The Morgan fingerprint density at radius 2 is 1.85 bits per heavy atom. The van der Waals surface area contributed by atoms with Gasteiger partial charge in [-0.05, 0) is 50.1 Å². The molecule has 2 heterocycles. The molecule has 1 amide bonds. The van der Waals surface area contributed by atoms with E-state index in [0.29, 0.717) is 17.6 Å². The summed E-state index contributed by atoms with van der Waals surface area (Å²) in [6.45, 7) is 0. The van der Waals surface area contributed by atoms with Gasteiger partial charge < -0.3 is 15.5 Å². The molecule has 2 aromatic heterocycles. The van der Waals surface area contributed by atoms with Crippen LogP contribution in [-0.4, -0.2) is 53.3 Å². The molecule has 0 aliphatic heterocycles. The molecule has 1 aliphatic carbocycles. The lowest BCUT2D eigenvalue weighted by Crippen LogP contribution is -2.40. The molecular formula is C19H26N6OS. The third kappa shape index (κ3) is 5.09. The maximum atomic E-state index is 12.6. The summed E-state index contributed by atoms with van der Waals surface area (Å²) in [5.74, 6) is 1.51. The van der Waals surface area contributed by atoms with Gasteiger partial charge in [0.2, 0.25) is 5.95 Å². The largest absolute Gasteiger partial charge is 0.363 e. The van der Waals surface area contributed by atoms with Crippen molar-refractivity contribution in [3.63, 3.8) is 0 Å². The van der Waals surface area contributed by atoms with E-state index < -0.39 is 0 Å². The first-order chi connectivity index (χ1) is 13.1. The second-order valence-corrected chi connectivity index (χ2v) is 7.65. The SMILES string of the molecule is CSc1ncccc1C(=O)NC1CCC(Nc2nccc(N(C)C)n2)CC1. The number of hydrogen-bond donors (Lipinski definition) is 2. The highest BCUT2D eigenvalue weighted by Crippen LogP contribution is 2.23. The average Bonchev–Trinajstić information content (AvgIpc) is 2.69. The van der Waals surface area contributed by atoms with Crippen LogP contribution >= 0.6 is 11.8 Å². The van der Waals surface area contributed by atoms with E-state index in [1.54, 1.807) is 18.5 Å². The molecule has 2 N–H and O–H groups in total. The number of pyridine rings is 1. The van der Waals surface area contributed by atoms with Crippen molar-refractivity contribution in [2.45, 2.75) is 42.8 Å². The quantitative estimate of drug-likeness (QED) is 0.739. The van der Waals surface area contributed by atoms with Crippen molar-refractivity contribution in [3.05, 3.63) is 36.2 Å². The van der Waals surface area contributed by atoms with E-state index in [9.17, 15) is 4.79 Å². The minimum atomic E-state index is -0.0362. The fourth-order valence-corrected chi connectivity index (χ4v) is 3.77. The molecule has 0 aromatic carbocycles. The van der Waals surface area contributed by atoms with E-state index in [1.165, 1.54) is 11.8 Å². The first kappa shape index (κ1) is 19.4. The molecular weight excluding hydrogens is 360 g/mol. The monoisotopic (exact) mass is 386 g/mol. The molecule has 144 valence electrons. The third-order valence-corrected chi connectivity index (χ3v) is 5.42. The van der Waals surface area contributed by atoms with E-state index in [2.05, 4.69) is 25.6 Å². The Morgan fingerprint density at radius 3 is 2.56 bits per heavy atom. The zero-order valence-corrected chi connectivity index (χ0v) is 16.8. The number of anilines is 2. The molecule has 2 aromatic rings. The van der Waals surface area contributed by atoms with Gasteiger partial charge in [-0.1, -0.05) is 0 Å². The van der Waals surface area contributed by atoms with Crippen LogP contribution in [0.2, 0.25) is 0 Å². The van der Waals surface area contributed by atoms with Gasteiger partial charge in [-0.3, -0.25) is 4.79 Å². The van der Waals surface area contributed by atoms with Crippen molar-refractivity contribution in [1.82, 2.24) is 20.3 Å². The van der Waals surface area contributed by atoms with Crippen LogP contribution in [-0.2, 0) is 0 Å². The first-order valence-corrected chi connectivity index (χ1v) is 10.4. The number of thioether (sulfide) groups is 1. The van der Waals surface area contributed by atoms with Gasteiger partial charge in [0.25, 0.3) is 5.91 Å². The Morgan fingerprint density at radius 1 is 1.11 bits per heavy atom. The number of carbonyl (C=O) groups excluding carboxylic acids is 1. The lowest BCUT2D eigenvalue weighted by Gasteiger charge is -2.30. The summed E-state index contributed by atoms with van der Waals surface area (Å²) in [4.78, 5) is 27.6. The fraction of sp³-hybridized carbons (Fsp3) is 0.474. The molecule has 0 unspecified atom stereocenters. The Labute approximate surface area is 164 Å². The molecule has 0 bridgehead atoms. The number of carbonyl (C=O) groups is 1. The van der Waals surface area contributed by atoms with E-state index >= 15 is 0 Å². The van der Waals surface area contributed by atoms with Gasteiger partial charge in [0, 0.05) is 38.6 Å². The molecule has 0 saturated heterocycles. The van der Waals surface area contributed by atoms with Crippen molar-refractivity contribution in [2.75, 3.05) is 30.6 Å². The molecule has 3 rings (SSSR count). The van der Waals surface area contributed by atoms with Crippen LogP contribution in [0.1, 0.15) is 36.0 Å². The molecule has 7 nitrogen and oxygen atoms in total. The highest BCUT2D eigenvalue weighted by Gasteiger charge is 2.24. The van der Waals surface area contributed by atoms with Crippen molar-refractivity contribution in [3.8, 4) is 0 Å². The number of amides is 1. The maximum Gasteiger partial charge on any atom is 0.254 e. The van der Waals surface area contributed by atoms with Crippen LogP contribution in [0, 0.1) is 0 Å². The van der Waals surface area contributed by atoms with E-state index in [0.717, 1.165) is 36.5 Å². The number of nitrogens with one attached hydrogen (secondary N) is 2. The van der Waals surface area contributed by atoms with Gasteiger partial charge in [-0.2, -0.15) is 4.98 Å². The number of nitrogens with zero attached hydrogens (tertiary/aromatic N) is 4. The second kappa shape index (κ2) is 9.03. The molecule has 0 spiro atoms. The lowest BCUT2D eigenvalue weighted by molar-refractivity contribution is 0.0923. The molecule has 1 aliphatic rings. The minimum Gasteiger partial charge on any atom is -0.363 e. The number of aromatic nitrogens is 3. The molecule has 0 radical (unpaired) electrons. The number of hydrogen-bond acceptors (Lipinski definition) is 7. The third-order valence-electron chi connectivity index (χ3n) is 4.70. The topological polar surface area (TPSA) is 83.0 Å². The standard InChI is InChI=1S/C19H26N6OS/c1-25(2)16-10-12-21-19(24-16)23-14-8-6-13(7-9-14)22-17(26)15-5-4-11-20-18(15)27-3/h4-5,10-14H,6-9H2,1-3H3,(H,22,26)(H,21,23,24). The summed E-state index contributed by atoms with van der Waals surface area (Å²) in [5.41, 5.74) is 0.652. The van der Waals surface area contributed by atoms with Crippen molar-refractivity contribution >= 4 is 29.4 Å². The smallest absolute Gasteiger partial charge is 0.254 e. The van der Waals surface area contributed by atoms with Crippen LogP contribution in [0.3, 0.4) is 0 Å². The summed E-state index contributed by atoms with van der Waals surface area (Å²) < 4.78 is 0. The Hall–Kier alpha value is -2.35. The van der Waals surface area contributed by atoms with E-state index in [-0.39, 0.29) is 11.9 Å². The van der Waals surface area contributed by atoms with Gasteiger partial charge in [0.15, 0.2) is 0 Å². The zero-order valence-electron chi connectivity index (χ0n) is 16.0. The Bertz CT molecular complexity index is 776. The molecule has 0 atom stereocenters. The van der Waals surface area contributed by atoms with Crippen molar-refractivity contribution in [1.29, 1.82) is 0 Å². The number of rotatable bonds is 6. The van der Waals surface area contributed by atoms with Crippen molar-refractivity contribution < 1.29 is 4.79 Å². The maximum absolute atomic E-state index is 12.6. The predicted octanol–water partition coefficient (Wildman–Crippen LogP) is 2.81. The molecule has 1 fully saturated rings. The van der Waals surface area contributed by atoms with Crippen LogP contribution in [0.15, 0.2) is 35.6 Å². The fourth-order valence-electron chi connectivity index (χ4n) is 3.22. The summed E-state index contributed by atoms with van der Waals surface area (Å²) in [5, 5.41) is 7.35. The van der Waals surface area contributed by atoms with Gasteiger partial charge in [-0.15, -0.1) is 11.8 Å². The summed E-state index contributed by atoms with van der Waals surface area (Å²) in [6.07, 6.45) is 9.24. The highest BCUT2D eigenvalue weighted by atomic mass is 32.2. The summed E-state index contributed by atoms with van der Waals surface area (Å²) >= 11 is 1.49. The molecule has 27 heavy (non-hydrogen) atoms. The van der Waals surface area contributed by atoms with Gasteiger partial charge in [0.05, 0.1) is 5.56 Å². The van der Waals surface area contributed by atoms with Crippen molar-refractivity contribution in [2.24, 2.45) is 0 Å². The summed E-state index contributed by atoms with van der Waals surface area (Å²) in [6, 6.07) is 6.04. The average molecular weight is 387 g/mol. The van der Waals surface area contributed by atoms with Crippen LogP contribution in [0.5, 0.6) is 0 Å².